The number of carboxylic acid groups (broad SMARTS) is 1. The fourth-order valence-electron chi connectivity index (χ4n) is 3.75. The largest absolute Gasteiger partial charge is 0.481 e. The minimum Gasteiger partial charge on any atom is -0.481 e. The zero-order valence-corrected chi connectivity index (χ0v) is 19.0. The number of ether oxygens (including phenoxy) is 1. The maximum Gasteiger partial charge on any atom is 0.407 e. The zero-order valence-electron chi connectivity index (χ0n) is 18.2. The number of fused-ring (bicyclic) bond motifs is 3. The Balaban J connectivity index is 1.61. The van der Waals surface area contributed by atoms with E-state index in [-0.39, 0.29) is 19.1 Å². The fourth-order valence-corrected chi connectivity index (χ4v) is 4.22. The molecule has 0 saturated carbocycles. The first kappa shape index (κ1) is 23.7. The van der Waals surface area contributed by atoms with E-state index in [0.717, 1.165) is 22.3 Å². The molecule has 0 radical (unpaired) electrons. The molecule has 3 rings (SSSR count). The molecule has 0 aliphatic heterocycles. The van der Waals surface area contributed by atoms with Crippen LogP contribution >= 0.6 is 11.8 Å². The van der Waals surface area contributed by atoms with Crippen LogP contribution in [0, 0.1) is 5.92 Å². The predicted octanol–water partition coefficient (Wildman–Crippen LogP) is 3.48. The molecule has 0 bridgehead atoms. The van der Waals surface area contributed by atoms with Crippen LogP contribution in [0.3, 0.4) is 0 Å². The van der Waals surface area contributed by atoms with Gasteiger partial charge in [0.1, 0.15) is 12.6 Å². The number of carboxylic acids is 1. The normalized spacial score (nSPS) is 14.1. The Hall–Kier alpha value is -3.00. The number of aliphatic carboxylic acids is 1. The first-order valence-electron chi connectivity index (χ1n) is 10.5. The van der Waals surface area contributed by atoms with E-state index in [9.17, 15) is 14.4 Å². The van der Waals surface area contributed by atoms with Gasteiger partial charge in [0, 0.05) is 12.5 Å². The second kappa shape index (κ2) is 11.0. The van der Waals surface area contributed by atoms with Gasteiger partial charge in [-0.15, -0.1) is 0 Å². The van der Waals surface area contributed by atoms with Crippen LogP contribution < -0.4 is 10.6 Å². The molecule has 3 N–H and O–H groups in total. The van der Waals surface area contributed by atoms with Gasteiger partial charge in [0.05, 0.1) is 5.92 Å². The van der Waals surface area contributed by atoms with E-state index < -0.39 is 29.9 Å². The molecule has 32 heavy (non-hydrogen) atoms. The Labute approximate surface area is 191 Å². The third-order valence-corrected chi connectivity index (χ3v) is 6.21. The molecule has 2 atom stereocenters. The third-order valence-electron chi connectivity index (χ3n) is 5.57. The van der Waals surface area contributed by atoms with E-state index in [1.807, 2.05) is 42.7 Å². The van der Waals surface area contributed by atoms with Crippen molar-refractivity contribution in [1.82, 2.24) is 10.6 Å². The first-order chi connectivity index (χ1) is 15.4. The van der Waals surface area contributed by atoms with E-state index in [2.05, 4.69) is 22.8 Å². The van der Waals surface area contributed by atoms with Gasteiger partial charge in [-0.2, -0.15) is 11.8 Å². The van der Waals surface area contributed by atoms with Crippen molar-refractivity contribution in [2.24, 2.45) is 5.92 Å². The minimum atomic E-state index is -0.990. The number of carbonyl (C=O) groups is 3. The van der Waals surface area contributed by atoms with Crippen LogP contribution in [0.15, 0.2) is 48.5 Å². The molecule has 7 nitrogen and oxygen atoms in total. The van der Waals surface area contributed by atoms with Crippen LogP contribution in [-0.4, -0.2) is 54.3 Å². The molecule has 8 heteroatoms. The third kappa shape index (κ3) is 5.62. The topological polar surface area (TPSA) is 105 Å². The summed E-state index contributed by atoms with van der Waals surface area (Å²) in [5.74, 6) is -1.52. The van der Waals surface area contributed by atoms with E-state index >= 15 is 0 Å². The van der Waals surface area contributed by atoms with Gasteiger partial charge in [-0.3, -0.25) is 9.59 Å². The van der Waals surface area contributed by atoms with Gasteiger partial charge < -0.3 is 20.5 Å². The lowest BCUT2D eigenvalue weighted by Gasteiger charge is -2.20. The van der Waals surface area contributed by atoms with Gasteiger partial charge in [-0.05, 0) is 40.7 Å². The Morgan fingerprint density at radius 1 is 1.06 bits per heavy atom. The van der Waals surface area contributed by atoms with E-state index in [1.165, 1.54) is 6.92 Å². The molecule has 1 aliphatic rings. The zero-order chi connectivity index (χ0) is 23.1. The summed E-state index contributed by atoms with van der Waals surface area (Å²) >= 11 is 1.56. The van der Waals surface area contributed by atoms with Crippen LogP contribution in [0.5, 0.6) is 0 Å². The number of nitrogens with one attached hydrogen (secondary N) is 2. The average Bonchev–Trinajstić information content (AvgIpc) is 3.12. The van der Waals surface area contributed by atoms with Crippen molar-refractivity contribution in [1.29, 1.82) is 0 Å². The fraction of sp³-hybridized carbons (Fsp3) is 0.375. The number of rotatable bonds is 10. The molecule has 0 spiro atoms. The number of carbonyl (C=O) groups excluding carboxylic acids is 2. The quantitative estimate of drug-likeness (QED) is 0.506. The molecule has 1 unspecified atom stereocenters. The number of benzene rings is 2. The van der Waals surface area contributed by atoms with Crippen molar-refractivity contribution in [2.45, 2.75) is 25.3 Å². The second-order valence-corrected chi connectivity index (χ2v) is 8.77. The molecular weight excluding hydrogens is 428 g/mol. The Kier molecular flexibility index (Phi) is 8.16. The SMILES string of the molecule is CSCC[C@@H](NC(=O)OCC1c2ccccc2-c2ccccc21)C(=O)NCC(C)C(=O)O. The molecule has 2 aromatic rings. The number of amides is 2. The van der Waals surface area contributed by atoms with Crippen LogP contribution in [0.4, 0.5) is 4.79 Å². The molecule has 170 valence electrons. The van der Waals surface area contributed by atoms with E-state index in [0.29, 0.717) is 12.2 Å². The number of hydrogen-bond donors (Lipinski definition) is 3. The number of alkyl carbamates (subject to hydrolysis) is 1. The van der Waals surface area contributed by atoms with Gasteiger partial charge in [0.15, 0.2) is 0 Å². The van der Waals surface area contributed by atoms with Crippen molar-refractivity contribution in [3.05, 3.63) is 59.7 Å². The maximum atomic E-state index is 12.5. The van der Waals surface area contributed by atoms with Crippen LogP contribution in [-0.2, 0) is 14.3 Å². The molecule has 2 amide bonds. The highest BCUT2D eigenvalue weighted by molar-refractivity contribution is 7.98. The molecular formula is C24H28N2O5S. The summed E-state index contributed by atoms with van der Waals surface area (Å²) in [5.41, 5.74) is 4.51. The van der Waals surface area contributed by atoms with Crippen LogP contribution in [0.25, 0.3) is 11.1 Å². The predicted molar refractivity (Wildman–Crippen MR) is 125 cm³/mol. The van der Waals surface area contributed by atoms with Crippen molar-refractivity contribution >= 4 is 29.7 Å². The standard InChI is InChI=1S/C24H28N2O5S/c1-15(23(28)29)13-25-22(27)21(11-12-32-2)26-24(30)31-14-20-18-9-5-3-7-16(18)17-8-4-6-10-19(17)20/h3-10,15,20-21H,11-14H2,1-2H3,(H,25,27)(H,26,30)(H,28,29)/t15?,21-/m1/s1. The maximum absolute atomic E-state index is 12.5. The Morgan fingerprint density at radius 2 is 1.66 bits per heavy atom. The van der Waals surface area contributed by atoms with Gasteiger partial charge >= 0.3 is 12.1 Å². The first-order valence-corrected chi connectivity index (χ1v) is 11.9. The van der Waals surface area contributed by atoms with Crippen molar-refractivity contribution in [3.8, 4) is 11.1 Å². The number of hydrogen-bond acceptors (Lipinski definition) is 5. The molecule has 2 aromatic carbocycles. The molecule has 0 aromatic heterocycles. The molecule has 0 heterocycles. The molecule has 0 fully saturated rings. The minimum absolute atomic E-state index is 0.00367. The summed E-state index contributed by atoms with van der Waals surface area (Å²) in [7, 11) is 0. The Bertz CT molecular complexity index is 935. The summed E-state index contributed by atoms with van der Waals surface area (Å²) in [4.78, 5) is 36.0. The summed E-state index contributed by atoms with van der Waals surface area (Å²) in [5, 5.41) is 14.2. The van der Waals surface area contributed by atoms with Crippen LogP contribution in [0.2, 0.25) is 0 Å². The lowest BCUT2D eigenvalue weighted by atomic mass is 9.98. The van der Waals surface area contributed by atoms with Gasteiger partial charge in [0.25, 0.3) is 0 Å². The van der Waals surface area contributed by atoms with E-state index in [4.69, 9.17) is 9.84 Å². The average molecular weight is 457 g/mol. The summed E-state index contributed by atoms with van der Waals surface area (Å²) in [6, 6.07) is 15.3. The summed E-state index contributed by atoms with van der Waals surface area (Å²) in [6.45, 7) is 1.67. The monoisotopic (exact) mass is 456 g/mol. The second-order valence-electron chi connectivity index (χ2n) is 7.79. The number of thioether (sulfide) groups is 1. The van der Waals surface area contributed by atoms with Crippen molar-refractivity contribution < 1.29 is 24.2 Å². The highest BCUT2D eigenvalue weighted by Gasteiger charge is 2.29. The smallest absolute Gasteiger partial charge is 0.407 e. The summed E-state index contributed by atoms with van der Waals surface area (Å²) < 4.78 is 5.53. The highest BCUT2D eigenvalue weighted by Crippen LogP contribution is 2.44. The lowest BCUT2D eigenvalue weighted by molar-refractivity contribution is -0.141. The summed E-state index contributed by atoms with van der Waals surface area (Å²) in [6.07, 6.45) is 1.66. The highest BCUT2D eigenvalue weighted by atomic mass is 32.2. The molecule has 0 saturated heterocycles. The van der Waals surface area contributed by atoms with E-state index in [1.54, 1.807) is 11.8 Å². The molecule has 1 aliphatic carbocycles. The van der Waals surface area contributed by atoms with Gasteiger partial charge in [-0.25, -0.2) is 4.79 Å². The Morgan fingerprint density at radius 3 is 2.22 bits per heavy atom. The lowest BCUT2D eigenvalue weighted by Crippen LogP contribution is -2.48. The van der Waals surface area contributed by atoms with Gasteiger partial charge in [-0.1, -0.05) is 55.5 Å². The van der Waals surface area contributed by atoms with Crippen LogP contribution in [0.1, 0.15) is 30.4 Å². The van der Waals surface area contributed by atoms with Gasteiger partial charge in [0.2, 0.25) is 5.91 Å². The van der Waals surface area contributed by atoms with Crippen molar-refractivity contribution in [2.75, 3.05) is 25.2 Å². The van der Waals surface area contributed by atoms with Crippen molar-refractivity contribution in [3.63, 3.8) is 0 Å².